The number of anilines is 1. The molecule has 7 heteroatoms. The van der Waals surface area contributed by atoms with Crippen LogP contribution in [0.2, 0.25) is 0 Å². The number of ether oxygens (including phenoxy) is 1. The van der Waals surface area contributed by atoms with Crippen LogP contribution in [-0.4, -0.2) is 46.6 Å². The average molecular weight is 486 g/mol. The highest BCUT2D eigenvalue weighted by Crippen LogP contribution is 2.27. The van der Waals surface area contributed by atoms with Crippen molar-refractivity contribution in [2.45, 2.75) is 45.4 Å². The smallest absolute Gasteiger partial charge is 0.222 e. The molecule has 2 heterocycles. The van der Waals surface area contributed by atoms with Crippen molar-refractivity contribution in [2.24, 2.45) is 10.9 Å². The number of amides is 1. The molecule has 0 saturated carbocycles. The molecule has 1 aliphatic rings. The van der Waals surface area contributed by atoms with Crippen molar-refractivity contribution in [2.75, 3.05) is 25.9 Å². The van der Waals surface area contributed by atoms with Gasteiger partial charge in [0.1, 0.15) is 23.6 Å². The number of nitrogen functional groups attached to an aromatic ring is 1. The lowest BCUT2D eigenvalue weighted by molar-refractivity contribution is -0.132. The number of aliphatic imine (C=N–C) groups is 1. The summed E-state index contributed by atoms with van der Waals surface area (Å²) in [6.45, 7) is 3.75. The highest BCUT2D eigenvalue weighted by atomic mass is 16.5. The molecule has 1 amide bonds. The van der Waals surface area contributed by atoms with E-state index in [1.54, 1.807) is 7.05 Å². The fraction of sp³-hybridized carbons (Fsp3) is 0.379. The lowest BCUT2D eigenvalue weighted by Crippen LogP contribution is -2.38. The monoisotopic (exact) mass is 485 g/mol. The van der Waals surface area contributed by atoms with Gasteiger partial charge in [-0.1, -0.05) is 25.1 Å². The molecule has 4 rings (SSSR count). The number of nitrogens with zero attached hydrogens (tertiary/aromatic N) is 4. The van der Waals surface area contributed by atoms with Gasteiger partial charge in [-0.15, -0.1) is 0 Å². The van der Waals surface area contributed by atoms with E-state index >= 15 is 0 Å². The first-order chi connectivity index (χ1) is 17.6. The van der Waals surface area contributed by atoms with E-state index in [0.29, 0.717) is 18.2 Å². The summed E-state index contributed by atoms with van der Waals surface area (Å²) in [5.74, 6) is 2.83. The Labute approximate surface area is 213 Å². The number of piperidine rings is 1. The minimum atomic E-state index is 0.283. The number of likely N-dealkylation sites (tertiary alicyclic amines) is 1. The molecule has 1 saturated heterocycles. The van der Waals surface area contributed by atoms with E-state index in [0.717, 1.165) is 79.2 Å². The van der Waals surface area contributed by atoms with Crippen molar-refractivity contribution in [3.05, 3.63) is 77.7 Å². The predicted octanol–water partition coefficient (Wildman–Crippen LogP) is 5.29. The summed E-state index contributed by atoms with van der Waals surface area (Å²) in [6.07, 6.45) is 6.94. The molecule has 1 aromatic heterocycles. The second kappa shape index (κ2) is 12.3. The Morgan fingerprint density at radius 2 is 1.75 bits per heavy atom. The lowest BCUT2D eigenvalue weighted by Gasteiger charge is -2.32. The Balaban J connectivity index is 1.44. The number of hydrogen-bond donors (Lipinski definition) is 1. The van der Waals surface area contributed by atoms with Crippen LogP contribution in [0.25, 0.3) is 0 Å². The minimum absolute atomic E-state index is 0.283. The van der Waals surface area contributed by atoms with Gasteiger partial charge in [0.15, 0.2) is 0 Å². The number of carbonyl (C=O) groups is 1. The average Bonchev–Trinajstić information content (AvgIpc) is 2.91. The standard InChI is InChI=1S/C29H35N5O2/c1-3-7-26(35)34-18-16-21(17-19-34)10-15-25-27(29(30)33-20-32-25)28(31-2)22-11-13-24(14-12-22)36-23-8-5-4-6-9-23/h4-6,8-9,11-14,20-21H,3,7,10,15-19H2,1-2H3,(H2,30,32,33). The minimum Gasteiger partial charge on any atom is -0.457 e. The summed E-state index contributed by atoms with van der Waals surface area (Å²) in [5.41, 5.74) is 9.77. The molecule has 2 aromatic carbocycles. The van der Waals surface area contributed by atoms with E-state index in [1.165, 1.54) is 6.33 Å². The van der Waals surface area contributed by atoms with E-state index in [9.17, 15) is 4.79 Å². The second-order valence-corrected chi connectivity index (χ2v) is 9.21. The maximum atomic E-state index is 12.2. The van der Waals surface area contributed by atoms with E-state index in [4.69, 9.17) is 10.5 Å². The van der Waals surface area contributed by atoms with Crippen molar-refractivity contribution in [3.63, 3.8) is 0 Å². The summed E-state index contributed by atoms with van der Waals surface area (Å²) < 4.78 is 5.93. The molecular weight excluding hydrogens is 450 g/mol. The largest absolute Gasteiger partial charge is 0.457 e. The van der Waals surface area contributed by atoms with Crippen LogP contribution >= 0.6 is 0 Å². The number of aromatic nitrogens is 2. The number of benzene rings is 2. The normalized spacial score (nSPS) is 14.6. The van der Waals surface area contributed by atoms with Crippen LogP contribution in [0.5, 0.6) is 11.5 Å². The van der Waals surface area contributed by atoms with Gasteiger partial charge in [0.2, 0.25) is 5.91 Å². The van der Waals surface area contributed by atoms with Crippen LogP contribution < -0.4 is 10.5 Å². The van der Waals surface area contributed by atoms with Gasteiger partial charge in [-0.25, -0.2) is 9.97 Å². The Kier molecular flexibility index (Phi) is 8.66. The van der Waals surface area contributed by atoms with Crippen molar-refractivity contribution in [1.82, 2.24) is 14.9 Å². The molecule has 1 aliphatic heterocycles. The van der Waals surface area contributed by atoms with Gasteiger partial charge in [0, 0.05) is 32.1 Å². The maximum Gasteiger partial charge on any atom is 0.222 e. The van der Waals surface area contributed by atoms with Crippen molar-refractivity contribution >= 4 is 17.4 Å². The zero-order chi connectivity index (χ0) is 25.3. The van der Waals surface area contributed by atoms with Crippen molar-refractivity contribution < 1.29 is 9.53 Å². The summed E-state index contributed by atoms with van der Waals surface area (Å²) in [7, 11) is 1.77. The van der Waals surface area contributed by atoms with Gasteiger partial charge in [0.25, 0.3) is 0 Å². The van der Waals surface area contributed by atoms with Gasteiger partial charge in [0.05, 0.1) is 17.0 Å². The predicted molar refractivity (Wildman–Crippen MR) is 143 cm³/mol. The summed E-state index contributed by atoms with van der Waals surface area (Å²) >= 11 is 0. The van der Waals surface area contributed by atoms with Crippen molar-refractivity contribution in [1.29, 1.82) is 0 Å². The molecule has 7 nitrogen and oxygen atoms in total. The molecule has 1 fully saturated rings. The van der Waals surface area contributed by atoms with Gasteiger partial charge in [-0.3, -0.25) is 9.79 Å². The molecule has 0 radical (unpaired) electrons. The van der Waals surface area contributed by atoms with Crippen LogP contribution in [0.4, 0.5) is 5.82 Å². The Morgan fingerprint density at radius 3 is 2.42 bits per heavy atom. The Hall–Kier alpha value is -3.74. The number of nitrogens with two attached hydrogens (primary N) is 1. The molecule has 188 valence electrons. The van der Waals surface area contributed by atoms with Crippen LogP contribution in [0.3, 0.4) is 0 Å². The van der Waals surface area contributed by atoms with Crippen LogP contribution in [0.1, 0.15) is 55.8 Å². The number of aryl methyl sites for hydroxylation is 1. The first-order valence-corrected chi connectivity index (χ1v) is 12.8. The van der Waals surface area contributed by atoms with Crippen molar-refractivity contribution in [3.8, 4) is 11.5 Å². The molecule has 0 aliphatic carbocycles. The quantitative estimate of drug-likeness (QED) is 0.416. The Bertz CT molecular complexity index is 1170. The first-order valence-electron chi connectivity index (χ1n) is 12.8. The van der Waals surface area contributed by atoms with E-state index in [1.807, 2.05) is 59.5 Å². The zero-order valence-electron chi connectivity index (χ0n) is 21.2. The third-order valence-electron chi connectivity index (χ3n) is 6.74. The number of rotatable bonds is 9. The molecule has 36 heavy (non-hydrogen) atoms. The second-order valence-electron chi connectivity index (χ2n) is 9.21. The summed E-state index contributed by atoms with van der Waals surface area (Å²) in [6, 6.07) is 17.5. The topological polar surface area (TPSA) is 93.7 Å². The third kappa shape index (κ3) is 6.27. The Morgan fingerprint density at radius 1 is 1.06 bits per heavy atom. The van der Waals surface area contributed by atoms with Crippen LogP contribution in [0.15, 0.2) is 65.9 Å². The molecule has 0 atom stereocenters. The molecule has 0 spiro atoms. The highest BCUT2D eigenvalue weighted by molar-refractivity contribution is 6.15. The van der Waals surface area contributed by atoms with Gasteiger partial charge >= 0.3 is 0 Å². The van der Waals surface area contributed by atoms with Crippen LogP contribution in [0, 0.1) is 5.92 Å². The van der Waals surface area contributed by atoms with Gasteiger partial charge in [-0.2, -0.15) is 0 Å². The number of carbonyl (C=O) groups excluding carboxylic acids is 1. The molecule has 2 N–H and O–H groups in total. The fourth-order valence-electron chi connectivity index (χ4n) is 4.76. The highest BCUT2D eigenvalue weighted by Gasteiger charge is 2.23. The first kappa shape index (κ1) is 25.4. The number of para-hydroxylation sites is 1. The summed E-state index contributed by atoms with van der Waals surface area (Å²) in [5, 5.41) is 0. The van der Waals surface area contributed by atoms with Gasteiger partial charge in [-0.05, 0) is 74.4 Å². The lowest BCUT2D eigenvalue weighted by atomic mass is 9.89. The van der Waals surface area contributed by atoms with E-state index in [2.05, 4.69) is 21.9 Å². The maximum absolute atomic E-state index is 12.2. The molecular formula is C29H35N5O2. The molecule has 0 bridgehead atoms. The molecule has 0 unspecified atom stereocenters. The number of hydrogen-bond acceptors (Lipinski definition) is 6. The van der Waals surface area contributed by atoms with E-state index < -0.39 is 0 Å². The third-order valence-corrected chi connectivity index (χ3v) is 6.74. The fourth-order valence-corrected chi connectivity index (χ4v) is 4.76. The zero-order valence-corrected chi connectivity index (χ0v) is 21.2. The van der Waals surface area contributed by atoms with Gasteiger partial charge < -0.3 is 15.4 Å². The summed E-state index contributed by atoms with van der Waals surface area (Å²) in [4.78, 5) is 27.7. The molecule has 3 aromatic rings. The van der Waals surface area contributed by atoms with Crippen LogP contribution in [-0.2, 0) is 11.2 Å². The SMILES string of the molecule is CCCC(=O)N1CCC(CCc2ncnc(N)c2C(=NC)c2ccc(Oc3ccccc3)cc2)CC1. The van der Waals surface area contributed by atoms with E-state index in [-0.39, 0.29) is 5.91 Å².